The largest absolute Gasteiger partial charge is 0.504 e. The van der Waals surface area contributed by atoms with Gasteiger partial charge in [0.2, 0.25) is 5.75 Å². The number of fused-ring (bicyclic) bond motifs is 1. The minimum Gasteiger partial charge on any atom is -0.504 e. The molecular weight excluding hydrogens is 354 g/mol. The molecule has 1 aromatic heterocycles. The maximum Gasteiger partial charge on any atom is 0.297 e. The summed E-state index contributed by atoms with van der Waals surface area (Å²) < 4.78 is 13.0. The number of nitrogens with zero attached hydrogens (tertiary/aromatic N) is 1. The molecule has 0 atom stereocenters. The SMILES string of the molecule is C=CCOc1c(O)c2ccc(OCc3ccccc3)cc2n(CCCC)c1=O. The molecule has 0 saturated heterocycles. The average Bonchev–Trinajstić information content (AvgIpc) is 2.73. The van der Waals surface area contributed by atoms with Gasteiger partial charge in [-0.2, -0.15) is 0 Å². The molecule has 0 aliphatic heterocycles. The van der Waals surface area contributed by atoms with E-state index in [1.807, 2.05) is 30.3 Å². The standard InChI is InChI=1S/C23H25NO4/c1-3-5-13-24-20-15-18(28-16-17-9-7-6-8-10-17)11-12-19(20)21(25)22(23(24)26)27-14-4-2/h4,6-12,15,25H,2-3,5,13-14,16H2,1H3. The predicted molar refractivity (Wildman–Crippen MR) is 111 cm³/mol. The lowest BCUT2D eigenvalue weighted by atomic mass is 10.1. The highest BCUT2D eigenvalue weighted by atomic mass is 16.5. The summed E-state index contributed by atoms with van der Waals surface area (Å²) in [7, 11) is 0. The van der Waals surface area contributed by atoms with Crippen LogP contribution in [-0.4, -0.2) is 16.3 Å². The third-order valence-electron chi connectivity index (χ3n) is 4.50. The second-order valence-corrected chi connectivity index (χ2v) is 6.54. The number of aryl methyl sites for hydroxylation is 1. The molecule has 0 aliphatic carbocycles. The fourth-order valence-electron chi connectivity index (χ4n) is 3.03. The summed E-state index contributed by atoms with van der Waals surface area (Å²) in [6.07, 6.45) is 3.33. The van der Waals surface area contributed by atoms with Crippen LogP contribution < -0.4 is 15.0 Å². The van der Waals surface area contributed by atoms with Crippen LogP contribution in [0.1, 0.15) is 25.3 Å². The average molecular weight is 379 g/mol. The van der Waals surface area contributed by atoms with Crippen LogP contribution in [0.3, 0.4) is 0 Å². The summed E-state index contributed by atoms with van der Waals surface area (Å²) >= 11 is 0. The van der Waals surface area contributed by atoms with Crippen molar-refractivity contribution in [3.63, 3.8) is 0 Å². The molecule has 3 aromatic rings. The fourth-order valence-corrected chi connectivity index (χ4v) is 3.03. The molecule has 0 unspecified atom stereocenters. The summed E-state index contributed by atoms with van der Waals surface area (Å²) in [4.78, 5) is 12.9. The number of hydrogen-bond acceptors (Lipinski definition) is 4. The van der Waals surface area contributed by atoms with Gasteiger partial charge in [0.25, 0.3) is 5.56 Å². The zero-order valence-corrected chi connectivity index (χ0v) is 16.1. The van der Waals surface area contributed by atoms with E-state index >= 15 is 0 Å². The first kappa shape index (κ1) is 19.5. The minimum absolute atomic E-state index is 0.0403. The number of rotatable bonds is 9. The second-order valence-electron chi connectivity index (χ2n) is 6.54. The Morgan fingerprint density at radius 2 is 1.93 bits per heavy atom. The number of pyridine rings is 1. The summed E-state index contributed by atoms with van der Waals surface area (Å²) in [5.74, 6) is 0.450. The van der Waals surface area contributed by atoms with Crippen LogP contribution >= 0.6 is 0 Å². The van der Waals surface area contributed by atoms with Crippen LogP contribution in [0, 0.1) is 0 Å². The first-order valence-corrected chi connectivity index (χ1v) is 9.45. The lowest BCUT2D eigenvalue weighted by Crippen LogP contribution is -2.23. The first-order valence-electron chi connectivity index (χ1n) is 9.45. The molecule has 5 heteroatoms. The van der Waals surface area contributed by atoms with E-state index in [1.54, 1.807) is 28.8 Å². The van der Waals surface area contributed by atoms with Gasteiger partial charge in [-0.3, -0.25) is 4.79 Å². The Balaban J connectivity index is 2.02. The minimum atomic E-state index is -0.347. The third kappa shape index (κ3) is 4.19. The first-order chi connectivity index (χ1) is 13.7. The van der Waals surface area contributed by atoms with E-state index in [-0.39, 0.29) is 23.7 Å². The van der Waals surface area contributed by atoms with Gasteiger partial charge in [-0.05, 0) is 24.1 Å². The maximum absolute atomic E-state index is 12.9. The number of ether oxygens (including phenoxy) is 2. The van der Waals surface area contributed by atoms with Gasteiger partial charge in [-0.25, -0.2) is 0 Å². The lowest BCUT2D eigenvalue weighted by Gasteiger charge is -2.16. The lowest BCUT2D eigenvalue weighted by molar-refractivity contribution is 0.306. The van der Waals surface area contributed by atoms with E-state index in [2.05, 4.69) is 13.5 Å². The van der Waals surface area contributed by atoms with Crippen LogP contribution in [-0.2, 0) is 13.2 Å². The highest BCUT2D eigenvalue weighted by molar-refractivity contribution is 5.88. The zero-order chi connectivity index (χ0) is 19.9. The van der Waals surface area contributed by atoms with Gasteiger partial charge < -0.3 is 19.1 Å². The van der Waals surface area contributed by atoms with Crippen molar-refractivity contribution in [3.8, 4) is 17.2 Å². The third-order valence-corrected chi connectivity index (χ3v) is 4.50. The molecule has 0 spiro atoms. The van der Waals surface area contributed by atoms with Gasteiger partial charge in [0.1, 0.15) is 19.0 Å². The van der Waals surface area contributed by atoms with E-state index in [9.17, 15) is 9.90 Å². The number of unbranched alkanes of at least 4 members (excludes halogenated alkanes) is 1. The molecule has 0 radical (unpaired) electrons. The molecule has 0 bridgehead atoms. The Hall–Kier alpha value is -3.21. The van der Waals surface area contributed by atoms with Crippen molar-refractivity contribution in [2.75, 3.05) is 6.61 Å². The summed E-state index contributed by atoms with van der Waals surface area (Å²) in [6.45, 7) is 6.78. The molecule has 3 rings (SSSR count). The molecule has 0 aliphatic rings. The Morgan fingerprint density at radius 1 is 1.14 bits per heavy atom. The normalized spacial score (nSPS) is 10.8. The molecular formula is C23H25NO4. The fraction of sp³-hybridized carbons (Fsp3) is 0.261. The number of aromatic nitrogens is 1. The van der Waals surface area contributed by atoms with Gasteiger partial charge in [0, 0.05) is 18.0 Å². The summed E-state index contributed by atoms with van der Waals surface area (Å²) in [6, 6.07) is 15.2. The summed E-state index contributed by atoms with van der Waals surface area (Å²) in [5.41, 5.74) is 1.34. The Kier molecular flexibility index (Phi) is 6.37. The molecule has 146 valence electrons. The van der Waals surface area contributed by atoms with Crippen LogP contribution in [0.15, 0.2) is 66.0 Å². The topological polar surface area (TPSA) is 60.7 Å². The molecule has 5 nitrogen and oxygen atoms in total. The number of hydrogen-bond donors (Lipinski definition) is 1. The van der Waals surface area contributed by atoms with Crippen LogP contribution in [0.25, 0.3) is 10.9 Å². The van der Waals surface area contributed by atoms with Crippen molar-refractivity contribution in [3.05, 3.63) is 77.1 Å². The molecule has 2 aromatic carbocycles. The Labute approximate surface area is 164 Å². The van der Waals surface area contributed by atoms with Crippen molar-refractivity contribution >= 4 is 10.9 Å². The second kappa shape index (κ2) is 9.13. The number of aromatic hydroxyl groups is 1. The summed E-state index contributed by atoms with van der Waals surface area (Å²) in [5, 5.41) is 11.1. The quantitative estimate of drug-likeness (QED) is 0.550. The smallest absolute Gasteiger partial charge is 0.297 e. The van der Waals surface area contributed by atoms with Gasteiger partial charge in [-0.15, -0.1) is 0 Å². The van der Waals surface area contributed by atoms with E-state index in [4.69, 9.17) is 9.47 Å². The molecule has 0 amide bonds. The number of benzene rings is 2. The highest BCUT2D eigenvalue weighted by Gasteiger charge is 2.18. The Bertz CT molecular complexity index is 1010. The van der Waals surface area contributed by atoms with Crippen molar-refractivity contribution in [2.24, 2.45) is 0 Å². The zero-order valence-electron chi connectivity index (χ0n) is 16.1. The van der Waals surface area contributed by atoms with Gasteiger partial charge in [-0.1, -0.05) is 56.3 Å². The van der Waals surface area contributed by atoms with E-state index in [0.29, 0.717) is 29.8 Å². The van der Waals surface area contributed by atoms with E-state index in [0.717, 1.165) is 18.4 Å². The van der Waals surface area contributed by atoms with Crippen molar-refractivity contribution < 1.29 is 14.6 Å². The molecule has 0 fully saturated rings. The predicted octanol–water partition coefficient (Wildman–Crippen LogP) is 4.65. The van der Waals surface area contributed by atoms with Crippen LogP contribution in [0.4, 0.5) is 0 Å². The van der Waals surface area contributed by atoms with Crippen LogP contribution in [0.2, 0.25) is 0 Å². The van der Waals surface area contributed by atoms with Crippen molar-refractivity contribution in [1.82, 2.24) is 4.57 Å². The molecule has 0 saturated carbocycles. The van der Waals surface area contributed by atoms with Crippen molar-refractivity contribution in [2.45, 2.75) is 32.9 Å². The van der Waals surface area contributed by atoms with Crippen LogP contribution in [0.5, 0.6) is 17.2 Å². The molecule has 1 N–H and O–H groups in total. The highest BCUT2D eigenvalue weighted by Crippen LogP contribution is 2.33. The monoisotopic (exact) mass is 379 g/mol. The Morgan fingerprint density at radius 3 is 2.64 bits per heavy atom. The maximum atomic E-state index is 12.9. The molecule has 1 heterocycles. The molecule has 28 heavy (non-hydrogen) atoms. The van der Waals surface area contributed by atoms with Gasteiger partial charge >= 0.3 is 0 Å². The van der Waals surface area contributed by atoms with Gasteiger partial charge in [0.15, 0.2) is 5.75 Å². The van der Waals surface area contributed by atoms with E-state index < -0.39 is 0 Å². The van der Waals surface area contributed by atoms with Crippen molar-refractivity contribution in [1.29, 1.82) is 0 Å². The van der Waals surface area contributed by atoms with E-state index in [1.165, 1.54) is 0 Å². The van der Waals surface area contributed by atoms with Gasteiger partial charge in [0.05, 0.1) is 5.52 Å².